The Morgan fingerprint density at radius 1 is 1.00 bits per heavy atom. The minimum absolute atomic E-state index is 0.0656. The molecule has 0 aliphatic carbocycles. The highest BCUT2D eigenvalue weighted by atomic mass is 32.2. The van der Waals surface area contributed by atoms with Gasteiger partial charge in [-0.15, -0.1) is 11.8 Å². The van der Waals surface area contributed by atoms with E-state index >= 15 is 0 Å². The molecule has 2 amide bonds. The lowest BCUT2D eigenvalue weighted by molar-refractivity contribution is -0.116. The summed E-state index contributed by atoms with van der Waals surface area (Å²) in [5, 5.41) is 2.98. The third kappa shape index (κ3) is 4.41. The molecule has 5 heteroatoms. The summed E-state index contributed by atoms with van der Waals surface area (Å²) in [5.41, 5.74) is 4.75. The number of carbonyl (C=O) groups is 2. The van der Waals surface area contributed by atoms with E-state index in [0.29, 0.717) is 17.9 Å². The summed E-state index contributed by atoms with van der Waals surface area (Å²) in [6.45, 7) is 2.80. The number of anilines is 2. The van der Waals surface area contributed by atoms with Crippen molar-refractivity contribution in [1.82, 2.24) is 0 Å². The maximum atomic E-state index is 12.9. The zero-order valence-electron chi connectivity index (χ0n) is 16.9. The van der Waals surface area contributed by atoms with Gasteiger partial charge in [0.25, 0.3) is 5.91 Å². The van der Waals surface area contributed by atoms with Crippen LogP contribution in [0.3, 0.4) is 0 Å². The van der Waals surface area contributed by atoms with Crippen LogP contribution in [-0.2, 0) is 17.6 Å². The van der Waals surface area contributed by atoms with Crippen LogP contribution in [0.1, 0.15) is 28.4 Å². The number of para-hydroxylation sites is 1. The van der Waals surface area contributed by atoms with Crippen LogP contribution in [0.15, 0.2) is 77.7 Å². The minimum Gasteiger partial charge on any atom is -0.322 e. The van der Waals surface area contributed by atoms with Crippen LogP contribution in [0.5, 0.6) is 0 Å². The predicted molar refractivity (Wildman–Crippen MR) is 123 cm³/mol. The first-order valence-corrected chi connectivity index (χ1v) is 11.1. The summed E-state index contributed by atoms with van der Waals surface area (Å²) in [6.07, 6.45) is 1.81. The molecule has 4 rings (SSSR count). The number of nitrogens with zero attached hydrogens (tertiary/aromatic N) is 1. The second-order valence-electron chi connectivity index (χ2n) is 7.22. The topological polar surface area (TPSA) is 49.4 Å². The van der Waals surface area contributed by atoms with Crippen molar-refractivity contribution in [3.63, 3.8) is 0 Å². The fraction of sp³-hybridized carbons (Fsp3) is 0.200. The molecule has 0 bridgehead atoms. The molecule has 0 unspecified atom stereocenters. The van der Waals surface area contributed by atoms with Crippen LogP contribution in [0, 0.1) is 0 Å². The maximum Gasteiger partial charge on any atom is 0.256 e. The van der Waals surface area contributed by atoms with Crippen molar-refractivity contribution in [1.29, 1.82) is 0 Å². The number of nitrogens with one attached hydrogen (secondary N) is 1. The summed E-state index contributed by atoms with van der Waals surface area (Å²) >= 11 is 1.41. The van der Waals surface area contributed by atoms with Crippen LogP contribution in [0.25, 0.3) is 0 Å². The van der Waals surface area contributed by atoms with Crippen LogP contribution >= 0.6 is 11.8 Å². The average Bonchev–Trinajstić information content (AvgIpc) is 3.22. The Labute approximate surface area is 181 Å². The third-order valence-electron chi connectivity index (χ3n) is 5.26. The van der Waals surface area contributed by atoms with Gasteiger partial charge in [0.2, 0.25) is 5.91 Å². The van der Waals surface area contributed by atoms with E-state index in [1.54, 1.807) is 6.07 Å². The van der Waals surface area contributed by atoms with E-state index in [9.17, 15) is 9.59 Å². The number of benzene rings is 3. The molecular formula is C25H24N2O2S. The lowest BCUT2D eigenvalue weighted by Gasteiger charge is -2.17. The van der Waals surface area contributed by atoms with Gasteiger partial charge in [0.1, 0.15) is 0 Å². The number of carbonyl (C=O) groups excluding carboxylic acids is 2. The first-order chi connectivity index (χ1) is 14.7. The summed E-state index contributed by atoms with van der Waals surface area (Å²) in [4.78, 5) is 28.4. The van der Waals surface area contributed by atoms with Crippen LogP contribution in [-0.4, -0.2) is 24.1 Å². The number of aryl methyl sites for hydroxylation is 1. The number of amides is 2. The number of fused-ring (bicyclic) bond motifs is 1. The molecule has 152 valence electrons. The van der Waals surface area contributed by atoms with Crippen LogP contribution < -0.4 is 10.2 Å². The molecule has 0 radical (unpaired) electrons. The maximum absolute atomic E-state index is 12.9. The van der Waals surface area contributed by atoms with Gasteiger partial charge < -0.3 is 10.2 Å². The first kappa shape index (κ1) is 20.2. The zero-order valence-corrected chi connectivity index (χ0v) is 17.7. The van der Waals surface area contributed by atoms with Crippen LogP contribution in [0.4, 0.5) is 11.4 Å². The van der Waals surface area contributed by atoms with E-state index in [-0.39, 0.29) is 11.8 Å². The highest BCUT2D eigenvalue weighted by Crippen LogP contribution is 2.30. The summed E-state index contributed by atoms with van der Waals surface area (Å²) in [6, 6.07) is 23.3. The van der Waals surface area contributed by atoms with Crippen molar-refractivity contribution < 1.29 is 9.59 Å². The molecule has 30 heavy (non-hydrogen) atoms. The van der Waals surface area contributed by atoms with E-state index < -0.39 is 0 Å². The SMILES string of the molecule is CCc1cccc(NC(=O)c2ccccc2SCC(=O)N2CCc3ccccc32)c1. The van der Waals surface area contributed by atoms with Gasteiger partial charge in [-0.1, -0.05) is 49.4 Å². The molecule has 1 aliphatic heterocycles. The van der Waals surface area contributed by atoms with Crippen molar-refractivity contribution in [3.05, 3.63) is 89.5 Å². The quantitative estimate of drug-likeness (QED) is 0.563. The van der Waals surface area contributed by atoms with Gasteiger partial charge in [-0.2, -0.15) is 0 Å². The molecule has 3 aromatic carbocycles. The van der Waals surface area contributed by atoms with Gasteiger partial charge in [0, 0.05) is 22.8 Å². The monoisotopic (exact) mass is 416 g/mol. The highest BCUT2D eigenvalue weighted by molar-refractivity contribution is 8.00. The molecule has 1 N–H and O–H groups in total. The lowest BCUT2D eigenvalue weighted by Crippen LogP contribution is -2.30. The van der Waals surface area contributed by atoms with Gasteiger partial charge in [-0.05, 0) is 54.3 Å². The molecule has 0 spiro atoms. The average molecular weight is 417 g/mol. The summed E-state index contributed by atoms with van der Waals surface area (Å²) in [5.74, 6) is 0.199. The molecule has 0 saturated heterocycles. The molecule has 0 saturated carbocycles. The molecule has 1 aliphatic rings. The number of thioether (sulfide) groups is 1. The molecule has 0 atom stereocenters. The normalized spacial score (nSPS) is 12.5. The van der Waals surface area contributed by atoms with Crippen LogP contribution in [0.2, 0.25) is 0 Å². The molecular weight excluding hydrogens is 392 g/mol. The summed E-state index contributed by atoms with van der Waals surface area (Å²) < 4.78 is 0. The molecule has 0 aromatic heterocycles. The highest BCUT2D eigenvalue weighted by Gasteiger charge is 2.24. The van der Waals surface area contributed by atoms with E-state index in [2.05, 4.69) is 18.3 Å². The third-order valence-corrected chi connectivity index (χ3v) is 6.32. The standard InChI is InChI=1S/C25H24N2O2S/c1-2-18-8-7-10-20(16-18)26-25(29)21-11-4-6-13-23(21)30-17-24(28)27-15-14-19-9-3-5-12-22(19)27/h3-13,16H,2,14-15,17H2,1H3,(H,26,29). The molecule has 4 nitrogen and oxygen atoms in total. The fourth-order valence-electron chi connectivity index (χ4n) is 3.66. The Bertz CT molecular complexity index is 1080. The second-order valence-corrected chi connectivity index (χ2v) is 8.23. The number of hydrogen-bond donors (Lipinski definition) is 1. The smallest absolute Gasteiger partial charge is 0.256 e. The molecule has 1 heterocycles. The van der Waals surface area contributed by atoms with Gasteiger partial charge in [-0.25, -0.2) is 0 Å². The number of rotatable bonds is 6. The summed E-state index contributed by atoms with van der Waals surface area (Å²) in [7, 11) is 0. The van der Waals surface area contributed by atoms with E-state index in [0.717, 1.165) is 29.1 Å². The fourth-order valence-corrected chi connectivity index (χ4v) is 4.59. The number of hydrogen-bond acceptors (Lipinski definition) is 3. The first-order valence-electron chi connectivity index (χ1n) is 10.2. The van der Waals surface area contributed by atoms with Crippen molar-refractivity contribution >= 4 is 35.0 Å². The Kier molecular flexibility index (Phi) is 6.19. The molecule has 3 aromatic rings. The largest absolute Gasteiger partial charge is 0.322 e. The van der Waals surface area contributed by atoms with Gasteiger partial charge >= 0.3 is 0 Å². The minimum atomic E-state index is -0.162. The Morgan fingerprint density at radius 2 is 1.80 bits per heavy atom. The van der Waals surface area contributed by atoms with E-state index in [4.69, 9.17) is 0 Å². The second kappa shape index (κ2) is 9.18. The van der Waals surface area contributed by atoms with Gasteiger partial charge in [-0.3, -0.25) is 9.59 Å². The van der Waals surface area contributed by atoms with Crippen molar-refractivity contribution in [2.24, 2.45) is 0 Å². The lowest BCUT2D eigenvalue weighted by atomic mass is 10.1. The van der Waals surface area contributed by atoms with Crippen molar-refractivity contribution in [2.45, 2.75) is 24.7 Å². The zero-order chi connectivity index (χ0) is 20.9. The van der Waals surface area contributed by atoms with E-state index in [1.165, 1.54) is 22.9 Å². The van der Waals surface area contributed by atoms with E-state index in [1.807, 2.05) is 65.6 Å². The predicted octanol–water partition coefficient (Wildman–Crippen LogP) is 5.18. The Hall–Kier alpha value is -3.05. The molecule has 0 fully saturated rings. The Morgan fingerprint density at radius 3 is 2.67 bits per heavy atom. The van der Waals surface area contributed by atoms with Gasteiger partial charge in [0.15, 0.2) is 0 Å². The van der Waals surface area contributed by atoms with Crippen molar-refractivity contribution in [3.8, 4) is 0 Å². The van der Waals surface area contributed by atoms with Crippen molar-refractivity contribution in [2.75, 3.05) is 22.5 Å². The Balaban J connectivity index is 1.44. The van der Waals surface area contributed by atoms with Gasteiger partial charge in [0.05, 0.1) is 11.3 Å².